The molecule has 1 aliphatic carbocycles. The summed E-state index contributed by atoms with van der Waals surface area (Å²) in [6.45, 7) is 0.843. The van der Waals surface area contributed by atoms with Crippen molar-refractivity contribution in [1.29, 1.82) is 0 Å². The highest BCUT2D eigenvalue weighted by Gasteiger charge is 2.39. The number of aliphatic carboxylic acids is 1. The molecule has 3 atom stereocenters. The Hall–Kier alpha value is -1.64. The highest BCUT2D eigenvalue weighted by molar-refractivity contribution is 6.00. The summed E-state index contributed by atoms with van der Waals surface area (Å²) in [6, 6.07) is -1.26. The van der Waals surface area contributed by atoms with Gasteiger partial charge in [-0.3, -0.25) is 4.99 Å². The third kappa shape index (κ3) is 3.93. The third-order valence-corrected chi connectivity index (χ3v) is 3.39. The van der Waals surface area contributed by atoms with Gasteiger partial charge in [0.25, 0.3) is 0 Å². The third-order valence-electron chi connectivity index (χ3n) is 3.39. The first-order chi connectivity index (χ1) is 9.77. The van der Waals surface area contributed by atoms with Crippen LogP contribution in [-0.4, -0.2) is 70.6 Å². The molecule has 0 saturated heterocycles. The minimum atomic E-state index is -1.44. The van der Waals surface area contributed by atoms with Crippen LogP contribution in [0.2, 0.25) is 0 Å². The van der Waals surface area contributed by atoms with E-state index in [1.165, 1.54) is 21.1 Å². The van der Waals surface area contributed by atoms with Crippen molar-refractivity contribution in [3.8, 4) is 0 Å². The molecule has 120 valence electrons. The number of hydrogen-bond donors (Lipinski definition) is 5. The van der Waals surface area contributed by atoms with Crippen LogP contribution in [0.15, 0.2) is 16.4 Å². The first-order valence-electron chi connectivity index (χ1n) is 6.51. The Bertz CT molecular complexity index is 460. The second-order valence-corrected chi connectivity index (χ2v) is 5.12. The topological polar surface area (TPSA) is 132 Å². The quantitative estimate of drug-likeness (QED) is 0.419. The zero-order valence-corrected chi connectivity index (χ0v) is 12.3. The number of aliphatic hydroxyl groups excluding tert-OH is 2. The summed E-state index contributed by atoms with van der Waals surface area (Å²) in [7, 11) is 2.92. The van der Waals surface area contributed by atoms with Crippen LogP contribution in [0.4, 0.5) is 0 Å². The van der Waals surface area contributed by atoms with Gasteiger partial charge in [0.05, 0.1) is 36.8 Å². The molecule has 0 bridgehead atoms. The van der Waals surface area contributed by atoms with Crippen molar-refractivity contribution in [2.75, 3.05) is 20.8 Å². The van der Waals surface area contributed by atoms with Gasteiger partial charge in [0.15, 0.2) is 11.8 Å². The van der Waals surface area contributed by atoms with E-state index < -0.39 is 30.3 Å². The van der Waals surface area contributed by atoms with E-state index in [0.29, 0.717) is 11.5 Å². The monoisotopic (exact) mass is 302 g/mol. The fourth-order valence-corrected chi connectivity index (χ4v) is 2.26. The van der Waals surface area contributed by atoms with Crippen LogP contribution in [0.3, 0.4) is 0 Å². The number of carboxylic acid groups (broad SMARTS) is 1. The molecule has 0 fully saturated rings. The summed E-state index contributed by atoms with van der Waals surface area (Å²) in [5.41, 5.74) is -0.743. The first-order valence-corrected chi connectivity index (χ1v) is 6.51. The van der Waals surface area contributed by atoms with E-state index in [9.17, 15) is 20.1 Å². The predicted molar refractivity (Wildman–Crippen MR) is 74.9 cm³/mol. The summed E-state index contributed by atoms with van der Waals surface area (Å²) in [5.74, 6) is -0.913. The molecule has 0 aliphatic heterocycles. The van der Waals surface area contributed by atoms with Gasteiger partial charge in [0.2, 0.25) is 0 Å². The Morgan fingerprint density at radius 1 is 1.52 bits per heavy atom. The Morgan fingerprint density at radius 3 is 2.52 bits per heavy atom. The number of ether oxygens (including phenoxy) is 1. The van der Waals surface area contributed by atoms with Gasteiger partial charge in [-0.15, -0.1) is 0 Å². The van der Waals surface area contributed by atoms with E-state index in [0.717, 1.165) is 0 Å². The maximum atomic E-state index is 11.2. The highest BCUT2D eigenvalue weighted by Crippen LogP contribution is 2.30. The van der Waals surface area contributed by atoms with Gasteiger partial charge in [-0.1, -0.05) is 0 Å². The maximum absolute atomic E-state index is 11.2. The number of hydrogen-bond acceptors (Lipinski definition) is 7. The fourth-order valence-electron chi connectivity index (χ4n) is 2.26. The summed E-state index contributed by atoms with van der Waals surface area (Å²) in [6.07, 6.45) is -1.08. The molecule has 0 unspecified atom stereocenters. The molecule has 21 heavy (non-hydrogen) atoms. The van der Waals surface area contributed by atoms with E-state index in [-0.39, 0.29) is 18.5 Å². The zero-order chi connectivity index (χ0) is 16.2. The van der Waals surface area contributed by atoms with E-state index in [1.54, 1.807) is 0 Å². The standard InChI is InChI=1S/C13H22N2O6/c1-7(17)10(12(18)19)15-9-5-13(20,6-16)4-8(14-2)11(9)21-3/h7,10,15-17,20H,4-6H2,1-3H3,(H,18,19)/t7-,10+,13-/m1/s1. The van der Waals surface area contributed by atoms with Crippen molar-refractivity contribution >= 4 is 11.7 Å². The van der Waals surface area contributed by atoms with Crippen molar-refractivity contribution in [3.05, 3.63) is 11.5 Å². The fraction of sp³-hybridized carbons (Fsp3) is 0.692. The molecule has 0 amide bonds. The maximum Gasteiger partial charge on any atom is 0.328 e. The Balaban J connectivity index is 3.19. The van der Waals surface area contributed by atoms with E-state index in [4.69, 9.17) is 9.84 Å². The first kappa shape index (κ1) is 17.4. The van der Waals surface area contributed by atoms with Crippen molar-refractivity contribution in [2.24, 2.45) is 4.99 Å². The van der Waals surface area contributed by atoms with Crippen LogP contribution in [0, 0.1) is 0 Å². The SMILES string of the molecule is CN=C1C[C@](O)(CO)CC(N[C@H](C(=O)O)[C@@H](C)O)=C1OC. The van der Waals surface area contributed by atoms with Crippen LogP contribution >= 0.6 is 0 Å². The molecular formula is C13H22N2O6. The van der Waals surface area contributed by atoms with Gasteiger partial charge in [0.1, 0.15) is 0 Å². The number of nitrogens with zero attached hydrogens (tertiary/aromatic N) is 1. The van der Waals surface area contributed by atoms with Gasteiger partial charge in [-0.25, -0.2) is 4.79 Å². The van der Waals surface area contributed by atoms with Crippen LogP contribution < -0.4 is 5.32 Å². The van der Waals surface area contributed by atoms with Crippen LogP contribution in [-0.2, 0) is 9.53 Å². The van der Waals surface area contributed by atoms with Gasteiger partial charge in [0, 0.05) is 19.9 Å². The lowest BCUT2D eigenvalue weighted by molar-refractivity contribution is -0.142. The lowest BCUT2D eigenvalue weighted by atomic mass is 9.85. The molecule has 0 radical (unpaired) electrons. The number of carboxylic acids is 1. The Morgan fingerprint density at radius 2 is 2.14 bits per heavy atom. The van der Waals surface area contributed by atoms with Crippen LogP contribution in [0.5, 0.6) is 0 Å². The molecule has 1 aliphatic rings. The second-order valence-electron chi connectivity index (χ2n) is 5.12. The number of nitrogens with one attached hydrogen (secondary N) is 1. The predicted octanol–water partition coefficient (Wildman–Crippen LogP) is -1.14. The molecule has 1 rings (SSSR count). The number of carbonyl (C=O) groups is 1. The van der Waals surface area contributed by atoms with Gasteiger partial charge in [-0.05, 0) is 6.92 Å². The molecule has 0 saturated carbocycles. The minimum Gasteiger partial charge on any atom is -0.493 e. The average molecular weight is 302 g/mol. The second kappa shape index (κ2) is 6.88. The summed E-state index contributed by atoms with van der Waals surface area (Å²) in [4.78, 5) is 15.2. The number of allylic oxidation sites excluding steroid dienone is 1. The molecule has 0 aromatic carbocycles. The van der Waals surface area contributed by atoms with Crippen molar-refractivity contribution in [1.82, 2.24) is 5.32 Å². The van der Waals surface area contributed by atoms with Crippen molar-refractivity contribution < 1.29 is 30.0 Å². The summed E-state index contributed by atoms with van der Waals surface area (Å²) >= 11 is 0. The largest absolute Gasteiger partial charge is 0.493 e. The average Bonchev–Trinajstić information content (AvgIpc) is 2.43. The number of aliphatic hydroxyl groups is 3. The molecule has 8 heteroatoms. The Labute approximate surface area is 122 Å². The zero-order valence-electron chi connectivity index (χ0n) is 12.3. The molecule has 0 spiro atoms. The van der Waals surface area contributed by atoms with E-state index in [1.807, 2.05) is 0 Å². The summed E-state index contributed by atoms with van der Waals surface area (Å²) < 4.78 is 5.22. The van der Waals surface area contributed by atoms with E-state index >= 15 is 0 Å². The van der Waals surface area contributed by atoms with Crippen molar-refractivity contribution in [2.45, 2.75) is 37.5 Å². The number of aliphatic imine (C=N–C) groups is 1. The van der Waals surface area contributed by atoms with Gasteiger partial charge >= 0.3 is 5.97 Å². The Kier molecular flexibility index (Phi) is 5.70. The lowest BCUT2D eigenvalue weighted by Gasteiger charge is -2.35. The van der Waals surface area contributed by atoms with Gasteiger partial charge in [-0.2, -0.15) is 0 Å². The summed E-state index contributed by atoms with van der Waals surface area (Å²) in [5, 5.41) is 40.9. The molecule has 5 N–H and O–H groups in total. The lowest BCUT2D eigenvalue weighted by Crippen LogP contribution is -2.49. The molecule has 0 aromatic heterocycles. The smallest absolute Gasteiger partial charge is 0.328 e. The van der Waals surface area contributed by atoms with E-state index in [2.05, 4.69) is 10.3 Å². The molecule has 0 aromatic rings. The molecule has 8 nitrogen and oxygen atoms in total. The van der Waals surface area contributed by atoms with Crippen LogP contribution in [0.1, 0.15) is 19.8 Å². The molecular weight excluding hydrogens is 280 g/mol. The van der Waals surface area contributed by atoms with Gasteiger partial charge < -0.3 is 30.5 Å². The highest BCUT2D eigenvalue weighted by atomic mass is 16.5. The normalized spacial score (nSPS) is 27.4. The number of rotatable bonds is 6. The molecule has 0 heterocycles. The van der Waals surface area contributed by atoms with Crippen molar-refractivity contribution in [3.63, 3.8) is 0 Å². The number of methoxy groups -OCH3 is 1. The van der Waals surface area contributed by atoms with Crippen LogP contribution in [0.25, 0.3) is 0 Å². The minimum absolute atomic E-state index is 0.0256.